The Hall–Kier alpha value is -1.13. The molecular weight excluding hydrogens is 214 g/mol. The minimum atomic E-state index is -0.309. The molecule has 0 aliphatic heterocycles. The average molecular weight is 237 g/mol. The van der Waals surface area contributed by atoms with Gasteiger partial charge in [0.15, 0.2) is 0 Å². The Kier molecular flexibility index (Phi) is 4.90. The van der Waals surface area contributed by atoms with Gasteiger partial charge in [0.05, 0.1) is 5.60 Å². The zero-order chi connectivity index (χ0) is 12.9. The number of rotatable bonds is 6. The van der Waals surface area contributed by atoms with E-state index in [1.807, 2.05) is 13.8 Å². The lowest BCUT2D eigenvalue weighted by Crippen LogP contribution is -2.48. The zero-order valence-electron chi connectivity index (χ0n) is 10.9. The minimum absolute atomic E-state index is 0.0843. The van der Waals surface area contributed by atoms with E-state index in [0.717, 1.165) is 17.7 Å². The highest BCUT2D eigenvalue weighted by Crippen LogP contribution is 2.23. The third kappa shape index (κ3) is 3.41. The van der Waals surface area contributed by atoms with Gasteiger partial charge in [-0.1, -0.05) is 6.92 Å². The Morgan fingerprint density at radius 3 is 2.71 bits per heavy atom. The summed E-state index contributed by atoms with van der Waals surface area (Å²) in [6.07, 6.45) is 5.02. The summed E-state index contributed by atoms with van der Waals surface area (Å²) in [5.41, 5.74) is 13.6. The van der Waals surface area contributed by atoms with Crippen LogP contribution in [0.4, 0.5) is 5.69 Å². The van der Waals surface area contributed by atoms with Gasteiger partial charge in [0.25, 0.3) is 0 Å². The SMILES string of the molecule is CCOC(C)(CC)C(N)Cc1cnccc1N. The van der Waals surface area contributed by atoms with E-state index < -0.39 is 0 Å². The monoisotopic (exact) mass is 237 g/mol. The predicted molar refractivity (Wildman–Crippen MR) is 70.7 cm³/mol. The smallest absolute Gasteiger partial charge is 0.0805 e. The molecule has 1 aromatic rings. The molecule has 0 radical (unpaired) electrons. The van der Waals surface area contributed by atoms with Crippen molar-refractivity contribution >= 4 is 5.69 Å². The van der Waals surface area contributed by atoms with Crippen LogP contribution in [-0.4, -0.2) is 23.2 Å². The van der Waals surface area contributed by atoms with E-state index in [1.54, 1.807) is 18.5 Å². The average Bonchev–Trinajstić information content (AvgIpc) is 2.32. The van der Waals surface area contributed by atoms with Crippen molar-refractivity contribution < 1.29 is 4.74 Å². The molecule has 0 amide bonds. The summed E-state index contributed by atoms with van der Waals surface area (Å²) in [5, 5.41) is 0. The van der Waals surface area contributed by atoms with Crippen LogP contribution >= 0.6 is 0 Å². The molecule has 0 saturated heterocycles. The molecule has 0 saturated carbocycles. The predicted octanol–water partition coefficient (Wildman–Crippen LogP) is 1.74. The molecule has 1 aromatic heterocycles. The lowest BCUT2D eigenvalue weighted by Gasteiger charge is -2.34. The maximum atomic E-state index is 6.24. The second-order valence-corrected chi connectivity index (χ2v) is 4.48. The number of hydrogen-bond donors (Lipinski definition) is 2. The highest BCUT2D eigenvalue weighted by atomic mass is 16.5. The van der Waals surface area contributed by atoms with Crippen LogP contribution in [-0.2, 0) is 11.2 Å². The van der Waals surface area contributed by atoms with Crippen molar-refractivity contribution in [2.75, 3.05) is 12.3 Å². The first-order valence-corrected chi connectivity index (χ1v) is 6.11. The second-order valence-electron chi connectivity index (χ2n) is 4.48. The highest BCUT2D eigenvalue weighted by molar-refractivity contribution is 5.44. The Balaban J connectivity index is 2.77. The maximum Gasteiger partial charge on any atom is 0.0805 e. The summed E-state index contributed by atoms with van der Waals surface area (Å²) in [6.45, 7) is 6.79. The van der Waals surface area contributed by atoms with Gasteiger partial charge >= 0.3 is 0 Å². The van der Waals surface area contributed by atoms with Crippen LogP contribution in [0.1, 0.15) is 32.8 Å². The topological polar surface area (TPSA) is 74.2 Å². The van der Waals surface area contributed by atoms with Crippen molar-refractivity contribution in [2.24, 2.45) is 5.73 Å². The van der Waals surface area contributed by atoms with Gasteiger partial charge in [0.1, 0.15) is 0 Å². The van der Waals surface area contributed by atoms with Crippen molar-refractivity contribution in [3.8, 4) is 0 Å². The zero-order valence-corrected chi connectivity index (χ0v) is 10.9. The van der Waals surface area contributed by atoms with Gasteiger partial charge in [-0.05, 0) is 38.3 Å². The molecule has 96 valence electrons. The van der Waals surface area contributed by atoms with E-state index in [2.05, 4.69) is 11.9 Å². The number of nitrogens with zero attached hydrogens (tertiary/aromatic N) is 1. The van der Waals surface area contributed by atoms with Crippen molar-refractivity contribution in [1.82, 2.24) is 4.98 Å². The largest absolute Gasteiger partial charge is 0.398 e. The number of pyridine rings is 1. The molecule has 0 spiro atoms. The van der Waals surface area contributed by atoms with E-state index in [1.165, 1.54) is 0 Å². The molecule has 0 aromatic carbocycles. The van der Waals surface area contributed by atoms with E-state index in [0.29, 0.717) is 13.0 Å². The Morgan fingerprint density at radius 2 is 2.18 bits per heavy atom. The van der Waals surface area contributed by atoms with Crippen molar-refractivity contribution in [3.05, 3.63) is 24.0 Å². The summed E-state index contributed by atoms with van der Waals surface area (Å²) in [6, 6.07) is 1.71. The van der Waals surface area contributed by atoms with Crippen LogP contribution < -0.4 is 11.5 Å². The molecule has 1 heterocycles. The summed E-state index contributed by atoms with van der Waals surface area (Å²) in [4.78, 5) is 4.08. The molecule has 2 atom stereocenters. The van der Waals surface area contributed by atoms with Crippen LogP contribution in [0.15, 0.2) is 18.5 Å². The fourth-order valence-electron chi connectivity index (χ4n) is 1.86. The lowest BCUT2D eigenvalue weighted by atomic mass is 9.89. The van der Waals surface area contributed by atoms with Gasteiger partial charge in [0.2, 0.25) is 0 Å². The second kappa shape index (κ2) is 5.98. The van der Waals surface area contributed by atoms with Gasteiger partial charge in [0, 0.05) is 30.7 Å². The molecule has 0 fully saturated rings. The number of ether oxygens (including phenoxy) is 1. The van der Waals surface area contributed by atoms with Crippen LogP contribution in [0.3, 0.4) is 0 Å². The van der Waals surface area contributed by atoms with Gasteiger partial charge in [-0.25, -0.2) is 0 Å². The Morgan fingerprint density at radius 1 is 1.47 bits per heavy atom. The van der Waals surface area contributed by atoms with Crippen molar-refractivity contribution in [2.45, 2.75) is 45.3 Å². The van der Waals surface area contributed by atoms with E-state index >= 15 is 0 Å². The summed E-state index contributed by atoms with van der Waals surface area (Å²) in [7, 11) is 0. The highest BCUT2D eigenvalue weighted by Gasteiger charge is 2.30. The van der Waals surface area contributed by atoms with Crippen molar-refractivity contribution in [3.63, 3.8) is 0 Å². The number of aromatic nitrogens is 1. The van der Waals surface area contributed by atoms with Crippen LogP contribution in [0, 0.1) is 0 Å². The lowest BCUT2D eigenvalue weighted by molar-refractivity contribution is -0.0461. The van der Waals surface area contributed by atoms with E-state index in [9.17, 15) is 0 Å². The molecular formula is C13H23N3O. The maximum absolute atomic E-state index is 6.24. The van der Waals surface area contributed by atoms with Crippen LogP contribution in [0.5, 0.6) is 0 Å². The van der Waals surface area contributed by atoms with Crippen molar-refractivity contribution in [1.29, 1.82) is 0 Å². The fraction of sp³-hybridized carbons (Fsp3) is 0.615. The number of hydrogen-bond acceptors (Lipinski definition) is 4. The molecule has 0 aliphatic carbocycles. The first-order valence-electron chi connectivity index (χ1n) is 6.11. The molecule has 4 heteroatoms. The van der Waals surface area contributed by atoms with Gasteiger partial charge in [-0.15, -0.1) is 0 Å². The molecule has 0 bridgehead atoms. The summed E-state index contributed by atoms with van der Waals surface area (Å²) >= 11 is 0. The van der Waals surface area contributed by atoms with E-state index in [4.69, 9.17) is 16.2 Å². The normalized spacial score (nSPS) is 16.5. The Bertz CT molecular complexity index is 356. The van der Waals surface area contributed by atoms with Crippen LogP contribution in [0.25, 0.3) is 0 Å². The Labute approximate surface area is 103 Å². The van der Waals surface area contributed by atoms with Crippen LogP contribution in [0.2, 0.25) is 0 Å². The molecule has 2 unspecified atom stereocenters. The molecule has 17 heavy (non-hydrogen) atoms. The third-order valence-electron chi connectivity index (χ3n) is 3.34. The van der Waals surface area contributed by atoms with Gasteiger partial charge in [-0.3, -0.25) is 4.98 Å². The standard InChI is InChI=1S/C13H23N3O/c1-4-13(3,17-5-2)12(15)8-10-9-16-7-6-11(10)14/h6-7,9,12H,4-5,8,15H2,1-3H3,(H2,14,16). The quantitative estimate of drug-likeness (QED) is 0.790. The van der Waals surface area contributed by atoms with E-state index in [-0.39, 0.29) is 11.6 Å². The number of anilines is 1. The summed E-state index contributed by atoms with van der Waals surface area (Å²) < 4.78 is 5.77. The minimum Gasteiger partial charge on any atom is -0.398 e. The molecule has 4 nitrogen and oxygen atoms in total. The first kappa shape index (κ1) is 13.9. The molecule has 1 rings (SSSR count). The third-order valence-corrected chi connectivity index (χ3v) is 3.34. The number of nitrogens with two attached hydrogens (primary N) is 2. The first-order chi connectivity index (χ1) is 8.03. The van der Waals surface area contributed by atoms with Gasteiger partial charge in [-0.2, -0.15) is 0 Å². The fourth-order valence-corrected chi connectivity index (χ4v) is 1.86. The van der Waals surface area contributed by atoms with Gasteiger partial charge < -0.3 is 16.2 Å². The molecule has 0 aliphatic rings. The summed E-state index contributed by atoms with van der Waals surface area (Å²) in [5.74, 6) is 0. The number of nitrogen functional groups attached to an aromatic ring is 1. The molecule has 4 N–H and O–H groups in total.